The van der Waals surface area contributed by atoms with Crippen molar-refractivity contribution in [2.75, 3.05) is 37.0 Å². The monoisotopic (exact) mass is 331 g/mol. The summed E-state index contributed by atoms with van der Waals surface area (Å²) >= 11 is 1.60. The van der Waals surface area contributed by atoms with Gasteiger partial charge in [0.25, 0.3) is 0 Å². The summed E-state index contributed by atoms with van der Waals surface area (Å²) in [6.07, 6.45) is 1.45. The standard InChI is InChI=1S/C17H21N3O2S/c1-3-22-8-4-7-18-17-19-14(11-23-17)12-5-6-15-13(9-12)10-16(21)20(15)2/h5-6,9,11H,3-4,7-8,10H2,1-2H3,(H,18,19). The second-order valence-electron chi connectivity index (χ2n) is 5.49. The summed E-state index contributed by atoms with van der Waals surface area (Å²) in [5, 5.41) is 6.30. The Morgan fingerprint density at radius 2 is 2.30 bits per heavy atom. The number of carbonyl (C=O) groups excluding carboxylic acids is 1. The average molecular weight is 331 g/mol. The van der Waals surface area contributed by atoms with Crippen LogP contribution in [0.4, 0.5) is 10.8 Å². The summed E-state index contributed by atoms with van der Waals surface area (Å²) < 4.78 is 5.32. The highest BCUT2D eigenvalue weighted by atomic mass is 32.1. The van der Waals surface area contributed by atoms with E-state index in [1.165, 1.54) is 0 Å². The molecule has 2 heterocycles. The van der Waals surface area contributed by atoms with Crippen LogP contribution in [0.2, 0.25) is 0 Å². The molecule has 0 radical (unpaired) electrons. The predicted octanol–water partition coefficient (Wildman–Crippen LogP) is 3.17. The van der Waals surface area contributed by atoms with Crippen molar-refractivity contribution in [3.8, 4) is 11.3 Å². The molecule has 0 aliphatic carbocycles. The van der Waals surface area contributed by atoms with Crippen LogP contribution in [0.3, 0.4) is 0 Å². The number of hydrogen-bond donors (Lipinski definition) is 1. The first-order chi connectivity index (χ1) is 11.2. The summed E-state index contributed by atoms with van der Waals surface area (Å²) in [5.41, 5.74) is 4.09. The average Bonchev–Trinajstić information content (AvgIpc) is 3.12. The van der Waals surface area contributed by atoms with Crippen molar-refractivity contribution < 1.29 is 9.53 Å². The molecule has 0 saturated heterocycles. The molecule has 0 unspecified atom stereocenters. The van der Waals surface area contributed by atoms with Gasteiger partial charge in [0.1, 0.15) is 0 Å². The molecule has 1 aliphatic rings. The van der Waals surface area contributed by atoms with Gasteiger partial charge in [-0.2, -0.15) is 0 Å². The highest BCUT2D eigenvalue weighted by Gasteiger charge is 2.24. The van der Waals surface area contributed by atoms with Crippen LogP contribution in [0.15, 0.2) is 23.6 Å². The maximum atomic E-state index is 11.8. The molecule has 1 aromatic carbocycles. The Labute approximate surface area is 140 Å². The molecule has 23 heavy (non-hydrogen) atoms. The van der Waals surface area contributed by atoms with E-state index in [4.69, 9.17) is 4.74 Å². The van der Waals surface area contributed by atoms with Crippen LogP contribution in [0, 0.1) is 0 Å². The molecule has 1 aliphatic heterocycles. The van der Waals surface area contributed by atoms with E-state index in [0.717, 1.165) is 53.8 Å². The lowest BCUT2D eigenvalue weighted by Crippen LogP contribution is -2.20. The number of thiazole rings is 1. The molecule has 122 valence electrons. The minimum atomic E-state index is 0.145. The number of carbonyl (C=O) groups is 1. The summed E-state index contributed by atoms with van der Waals surface area (Å²) in [6, 6.07) is 6.11. The zero-order valence-corrected chi connectivity index (χ0v) is 14.3. The fraction of sp³-hybridized carbons (Fsp3) is 0.412. The van der Waals surface area contributed by atoms with Crippen molar-refractivity contribution >= 4 is 28.1 Å². The van der Waals surface area contributed by atoms with E-state index in [9.17, 15) is 4.79 Å². The molecule has 0 atom stereocenters. The number of rotatable bonds is 7. The van der Waals surface area contributed by atoms with Gasteiger partial charge in [0.2, 0.25) is 5.91 Å². The van der Waals surface area contributed by atoms with Crippen molar-refractivity contribution in [3.63, 3.8) is 0 Å². The number of benzene rings is 1. The van der Waals surface area contributed by atoms with E-state index in [2.05, 4.69) is 16.4 Å². The van der Waals surface area contributed by atoms with E-state index < -0.39 is 0 Å². The highest BCUT2D eigenvalue weighted by molar-refractivity contribution is 7.14. The van der Waals surface area contributed by atoms with E-state index in [1.54, 1.807) is 16.2 Å². The van der Waals surface area contributed by atoms with E-state index in [1.807, 2.05) is 31.5 Å². The van der Waals surface area contributed by atoms with Gasteiger partial charge in [-0.15, -0.1) is 11.3 Å². The molecule has 0 saturated carbocycles. The number of nitrogens with zero attached hydrogens (tertiary/aromatic N) is 2. The molecule has 2 aromatic rings. The van der Waals surface area contributed by atoms with Gasteiger partial charge in [0.05, 0.1) is 12.1 Å². The van der Waals surface area contributed by atoms with Crippen LogP contribution >= 0.6 is 11.3 Å². The molecule has 6 heteroatoms. The topological polar surface area (TPSA) is 54.5 Å². The molecule has 0 fully saturated rings. The Bertz CT molecular complexity index is 699. The third-order valence-electron chi connectivity index (χ3n) is 3.90. The zero-order valence-electron chi connectivity index (χ0n) is 13.5. The number of ether oxygens (including phenoxy) is 1. The predicted molar refractivity (Wildman–Crippen MR) is 94.3 cm³/mol. The fourth-order valence-electron chi connectivity index (χ4n) is 2.63. The van der Waals surface area contributed by atoms with Gasteiger partial charge in [0, 0.05) is 43.4 Å². The van der Waals surface area contributed by atoms with Crippen molar-refractivity contribution in [2.45, 2.75) is 19.8 Å². The van der Waals surface area contributed by atoms with Gasteiger partial charge in [-0.05, 0) is 31.0 Å². The smallest absolute Gasteiger partial charge is 0.231 e. The number of hydrogen-bond acceptors (Lipinski definition) is 5. The van der Waals surface area contributed by atoms with Crippen molar-refractivity contribution in [2.24, 2.45) is 0 Å². The molecule has 1 amide bonds. The van der Waals surface area contributed by atoms with Gasteiger partial charge in [-0.25, -0.2) is 4.98 Å². The van der Waals surface area contributed by atoms with Crippen LogP contribution in [-0.4, -0.2) is 37.7 Å². The molecular formula is C17H21N3O2S. The van der Waals surface area contributed by atoms with Crippen LogP contribution in [0.1, 0.15) is 18.9 Å². The van der Waals surface area contributed by atoms with Crippen molar-refractivity contribution in [3.05, 3.63) is 29.1 Å². The van der Waals surface area contributed by atoms with Crippen molar-refractivity contribution in [1.29, 1.82) is 0 Å². The second kappa shape index (κ2) is 7.10. The van der Waals surface area contributed by atoms with Crippen LogP contribution < -0.4 is 10.2 Å². The molecular weight excluding hydrogens is 310 g/mol. The Morgan fingerprint density at radius 1 is 1.43 bits per heavy atom. The normalized spacial score (nSPS) is 13.5. The maximum absolute atomic E-state index is 11.8. The Morgan fingerprint density at radius 3 is 3.13 bits per heavy atom. The number of anilines is 2. The molecule has 3 rings (SSSR count). The van der Waals surface area contributed by atoms with Gasteiger partial charge >= 0.3 is 0 Å². The summed E-state index contributed by atoms with van der Waals surface area (Å²) in [4.78, 5) is 18.1. The number of amides is 1. The quantitative estimate of drug-likeness (QED) is 0.792. The second-order valence-corrected chi connectivity index (χ2v) is 6.35. The van der Waals surface area contributed by atoms with Crippen LogP contribution in [0.5, 0.6) is 0 Å². The van der Waals surface area contributed by atoms with Crippen molar-refractivity contribution in [1.82, 2.24) is 4.98 Å². The summed E-state index contributed by atoms with van der Waals surface area (Å²) in [6.45, 7) is 4.39. The maximum Gasteiger partial charge on any atom is 0.231 e. The lowest BCUT2D eigenvalue weighted by Gasteiger charge is -2.09. The SMILES string of the molecule is CCOCCCNc1nc(-c2ccc3c(c2)CC(=O)N3C)cs1. The lowest BCUT2D eigenvalue weighted by molar-refractivity contribution is -0.117. The first-order valence-corrected chi connectivity index (χ1v) is 8.74. The molecule has 5 nitrogen and oxygen atoms in total. The molecule has 1 aromatic heterocycles. The third-order valence-corrected chi connectivity index (χ3v) is 4.70. The third kappa shape index (κ3) is 3.54. The zero-order chi connectivity index (χ0) is 16.2. The lowest BCUT2D eigenvalue weighted by atomic mass is 10.1. The Kier molecular flexibility index (Phi) is 4.93. The van der Waals surface area contributed by atoms with Gasteiger partial charge in [0.15, 0.2) is 5.13 Å². The number of fused-ring (bicyclic) bond motifs is 1. The van der Waals surface area contributed by atoms with E-state index in [0.29, 0.717) is 6.42 Å². The number of likely N-dealkylation sites (N-methyl/N-ethyl adjacent to an activating group) is 1. The minimum Gasteiger partial charge on any atom is -0.382 e. The first kappa shape index (κ1) is 16.0. The van der Waals surface area contributed by atoms with Crippen LogP contribution in [0.25, 0.3) is 11.3 Å². The molecule has 1 N–H and O–H groups in total. The number of aromatic nitrogens is 1. The van der Waals surface area contributed by atoms with Gasteiger partial charge in [-0.3, -0.25) is 4.79 Å². The van der Waals surface area contributed by atoms with Crippen LogP contribution in [-0.2, 0) is 16.0 Å². The number of nitrogens with one attached hydrogen (secondary N) is 1. The largest absolute Gasteiger partial charge is 0.382 e. The van der Waals surface area contributed by atoms with Gasteiger partial charge in [-0.1, -0.05) is 6.07 Å². The van der Waals surface area contributed by atoms with Gasteiger partial charge < -0.3 is 15.0 Å². The minimum absolute atomic E-state index is 0.145. The van der Waals surface area contributed by atoms with E-state index >= 15 is 0 Å². The highest BCUT2D eigenvalue weighted by Crippen LogP contribution is 2.33. The first-order valence-electron chi connectivity index (χ1n) is 7.86. The van der Waals surface area contributed by atoms with E-state index in [-0.39, 0.29) is 5.91 Å². The fourth-order valence-corrected chi connectivity index (χ4v) is 3.38. The Hall–Kier alpha value is -1.92. The summed E-state index contributed by atoms with van der Waals surface area (Å²) in [7, 11) is 1.82. The Balaban J connectivity index is 1.65. The molecule has 0 bridgehead atoms. The molecule has 0 spiro atoms. The summed E-state index contributed by atoms with van der Waals surface area (Å²) in [5.74, 6) is 0.145.